The Balaban J connectivity index is 1.81. The summed E-state index contributed by atoms with van der Waals surface area (Å²) in [4.78, 5) is 17.1. The second-order valence-corrected chi connectivity index (χ2v) is 4.19. The number of carbonyl (C=O) groups is 1. The Morgan fingerprint density at radius 3 is 2.57 bits per heavy atom. The predicted molar refractivity (Wildman–Crippen MR) is 52.5 cm³/mol. The molecule has 1 heterocycles. The lowest BCUT2D eigenvalue weighted by atomic mass is 10.1. The van der Waals surface area contributed by atoms with E-state index in [2.05, 4.69) is 12.2 Å². The van der Waals surface area contributed by atoms with Crippen LogP contribution in [0.25, 0.3) is 0 Å². The van der Waals surface area contributed by atoms with Crippen LogP contribution in [0.4, 0.5) is 0 Å². The molecule has 0 bridgehead atoms. The number of nitrogens with one attached hydrogen (secondary N) is 1. The summed E-state index contributed by atoms with van der Waals surface area (Å²) in [6, 6.07) is 0. The van der Waals surface area contributed by atoms with E-state index in [1.807, 2.05) is 0 Å². The van der Waals surface area contributed by atoms with Crippen molar-refractivity contribution >= 4 is 5.97 Å². The van der Waals surface area contributed by atoms with Crippen molar-refractivity contribution in [3.8, 4) is 0 Å². The lowest BCUT2D eigenvalue weighted by Crippen LogP contribution is -2.45. The van der Waals surface area contributed by atoms with Gasteiger partial charge >= 0.3 is 5.97 Å². The topological polar surface area (TPSA) is 41.6 Å². The third-order valence-electron chi connectivity index (χ3n) is 3.25. The molecule has 1 aliphatic heterocycles. The molecule has 2 aliphatic rings. The highest BCUT2D eigenvalue weighted by molar-refractivity contribution is 5.79. The van der Waals surface area contributed by atoms with E-state index in [-0.39, 0.29) is 11.4 Å². The van der Waals surface area contributed by atoms with Crippen LogP contribution >= 0.6 is 0 Å². The average molecular weight is 198 g/mol. The van der Waals surface area contributed by atoms with Crippen LogP contribution < -0.4 is 5.32 Å². The van der Waals surface area contributed by atoms with E-state index in [9.17, 15) is 4.79 Å². The van der Waals surface area contributed by atoms with Gasteiger partial charge in [0.1, 0.15) is 0 Å². The first-order chi connectivity index (χ1) is 6.77. The molecule has 80 valence electrons. The van der Waals surface area contributed by atoms with Gasteiger partial charge in [-0.1, -0.05) is 6.92 Å². The standard InChI is InChI=1S/C10H18N2O2/c1-2-10(3-4-10)9(13)14-12-7-5-11-6-8-12/h11H,2-8H2,1H3. The fourth-order valence-electron chi connectivity index (χ4n) is 1.80. The first-order valence-electron chi connectivity index (χ1n) is 5.45. The second-order valence-electron chi connectivity index (χ2n) is 4.19. The first-order valence-corrected chi connectivity index (χ1v) is 5.45. The number of nitrogens with zero attached hydrogens (tertiary/aromatic N) is 1. The predicted octanol–water partition coefficient (Wildman–Crippen LogP) is 0.540. The zero-order valence-electron chi connectivity index (χ0n) is 8.71. The van der Waals surface area contributed by atoms with E-state index in [0.29, 0.717) is 0 Å². The van der Waals surface area contributed by atoms with Gasteiger partial charge in [-0.3, -0.25) is 0 Å². The maximum absolute atomic E-state index is 11.7. The molecular formula is C10H18N2O2. The molecule has 0 atom stereocenters. The summed E-state index contributed by atoms with van der Waals surface area (Å²) in [5.41, 5.74) is -0.120. The summed E-state index contributed by atoms with van der Waals surface area (Å²) in [6.45, 7) is 5.50. The van der Waals surface area contributed by atoms with E-state index in [1.54, 1.807) is 5.06 Å². The van der Waals surface area contributed by atoms with Crippen LogP contribution in [0.15, 0.2) is 0 Å². The number of hydrogen-bond donors (Lipinski definition) is 1. The van der Waals surface area contributed by atoms with Crippen LogP contribution in [0.3, 0.4) is 0 Å². The number of carbonyl (C=O) groups excluding carboxylic acids is 1. The van der Waals surface area contributed by atoms with Crippen molar-refractivity contribution in [1.29, 1.82) is 0 Å². The summed E-state index contributed by atoms with van der Waals surface area (Å²) in [5.74, 6) is -0.0121. The third kappa shape index (κ3) is 1.91. The monoisotopic (exact) mass is 198 g/mol. The molecule has 0 aromatic rings. The average Bonchev–Trinajstić information content (AvgIpc) is 3.00. The van der Waals surface area contributed by atoms with E-state index < -0.39 is 0 Å². The number of hydrogen-bond acceptors (Lipinski definition) is 4. The van der Waals surface area contributed by atoms with Gasteiger partial charge in [0.05, 0.1) is 5.41 Å². The van der Waals surface area contributed by atoms with E-state index in [1.165, 1.54) is 0 Å². The third-order valence-corrected chi connectivity index (χ3v) is 3.25. The zero-order chi connectivity index (χ0) is 10.0. The van der Waals surface area contributed by atoms with Crippen LogP contribution in [0, 0.1) is 5.41 Å². The van der Waals surface area contributed by atoms with Gasteiger partial charge < -0.3 is 10.2 Å². The van der Waals surface area contributed by atoms with E-state index in [4.69, 9.17) is 4.84 Å². The molecule has 0 aromatic heterocycles. The van der Waals surface area contributed by atoms with Gasteiger partial charge in [-0.25, -0.2) is 4.79 Å². The summed E-state index contributed by atoms with van der Waals surface area (Å²) < 4.78 is 0. The molecule has 0 unspecified atom stereocenters. The van der Waals surface area contributed by atoms with Gasteiger partial charge in [0.2, 0.25) is 0 Å². The van der Waals surface area contributed by atoms with Crippen molar-refractivity contribution in [3.05, 3.63) is 0 Å². The molecule has 0 radical (unpaired) electrons. The normalized spacial score (nSPS) is 25.8. The van der Waals surface area contributed by atoms with Gasteiger partial charge in [0.25, 0.3) is 0 Å². The number of rotatable bonds is 3. The Bertz CT molecular complexity index is 220. The Morgan fingerprint density at radius 2 is 2.07 bits per heavy atom. The van der Waals surface area contributed by atoms with Crippen molar-refractivity contribution < 1.29 is 9.63 Å². The summed E-state index contributed by atoms with van der Waals surface area (Å²) in [7, 11) is 0. The molecule has 2 rings (SSSR count). The molecule has 4 heteroatoms. The zero-order valence-corrected chi connectivity index (χ0v) is 8.71. The van der Waals surface area contributed by atoms with Crippen LogP contribution in [0.2, 0.25) is 0 Å². The van der Waals surface area contributed by atoms with Crippen LogP contribution in [-0.4, -0.2) is 37.2 Å². The lowest BCUT2D eigenvalue weighted by molar-refractivity contribution is -0.199. The summed E-state index contributed by atoms with van der Waals surface area (Å²) in [5, 5.41) is 5.01. The fourth-order valence-corrected chi connectivity index (χ4v) is 1.80. The highest BCUT2D eigenvalue weighted by Gasteiger charge is 2.50. The van der Waals surface area contributed by atoms with Crippen LogP contribution in [-0.2, 0) is 9.63 Å². The van der Waals surface area contributed by atoms with Gasteiger partial charge in [0, 0.05) is 26.2 Å². The number of hydroxylamine groups is 2. The Morgan fingerprint density at radius 1 is 1.43 bits per heavy atom. The smallest absolute Gasteiger partial charge is 0.331 e. The van der Waals surface area contributed by atoms with Crippen molar-refractivity contribution in [1.82, 2.24) is 10.4 Å². The molecule has 1 aliphatic carbocycles. The van der Waals surface area contributed by atoms with E-state index in [0.717, 1.165) is 45.4 Å². The SMILES string of the molecule is CCC1(C(=O)ON2CCNCC2)CC1. The van der Waals surface area contributed by atoms with Gasteiger partial charge in [-0.2, -0.15) is 0 Å². The maximum Gasteiger partial charge on any atom is 0.331 e. The Hall–Kier alpha value is -0.610. The van der Waals surface area contributed by atoms with Crippen LogP contribution in [0.1, 0.15) is 26.2 Å². The molecule has 4 nitrogen and oxygen atoms in total. The lowest BCUT2D eigenvalue weighted by Gasteiger charge is -2.27. The van der Waals surface area contributed by atoms with E-state index >= 15 is 0 Å². The Kier molecular flexibility index (Phi) is 2.74. The van der Waals surface area contributed by atoms with Crippen molar-refractivity contribution in [2.75, 3.05) is 26.2 Å². The molecular weight excluding hydrogens is 180 g/mol. The minimum absolute atomic E-state index is 0.0121. The summed E-state index contributed by atoms with van der Waals surface area (Å²) >= 11 is 0. The highest BCUT2D eigenvalue weighted by atomic mass is 16.7. The van der Waals surface area contributed by atoms with Gasteiger partial charge in [-0.15, -0.1) is 5.06 Å². The van der Waals surface area contributed by atoms with Gasteiger partial charge in [0.15, 0.2) is 0 Å². The molecule has 2 fully saturated rings. The largest absolute Gasteiger partial charge is 0.367 e. The minimum Gasteiger partial charge on any atom is -0.367 e. The number of piperazine rings is 1. The molecule has 1 N–H and O–H groups in total. The maximum atomic E-state index is 11.7. The van der Waals surface area contributed by atoms with Crippen LogP contribution in [0.5, 0.6) is 0 Å². The van der Waals surface area contributed by atoms with Crippen molar-refractivity contribution in [2.45, 2.75) is 26.2 Å². The minimum atomic E-state index is -0.120. The molecule has 14 heavy (non-hydrogen) atoms. The van der Waals surface area contributed by atoms with Crippen molar-refractivity contribution in [3.63, 3.8) is 0 Å². The molecule has 1 saturated heterocycles. The van der Waals surface area contributed by atoms with Crippen molar-refractivity contribution in [2.24, 2.45) is 5.41 Å². The molecule has 0 amide bonds. The Labute approximate surface area is 84.6 Å². The van der Waals surface area contributed by atoms with Gasteiger partial charge in [-0.05, 0) is 19.3 Å². The second kappa shape index (κ2) is 3.87. The molecule has 0 spiro atoms. The first kappa shape index (κ1) is 9.93. The highest BCUT2D eigenvalue weighted by Crippen LogP contribution is 2.49. The fraction of sp³-hybridized carbons (Fsp3) is 0.900. The molecule has 1 saturated carbocycles. The summed E-state index contributed by atoms with van der Waals surface area (Å²) in [6.07, 6.45) is 2.93. The quantitative estimate of drug-likeness (QED) is 0.718. The molecule has 0 aromatic carbocycles.